The molecule has 6 heteroatoms. The quantitative estimate of drug-likeness (QED) is 0.665. The summed E-state index contributed by atoms with van der Waals surface area (Å²) in [5, 5.41) is 2.82. The van der Waals surface area contributed by atoms with Crippen molar-refractivity contribution in [2.24, 2.45) is 5.92 Å². The Bertz CT molecular complexity index is 858. The number of rotatable bonds is 8. The summed E-state index contributed by atoms with van der Waals surface area (Å²) in [7, 11) is 4.25. The first-order chi connectivity index (χ1) is 13.8. The number of carbonyl (C=O) groups excluding carboxylic acids is 2. The second kappa shape index (κ2) is 9.96. The molecule has 0 aliphatic rings. The zero-order valence-corrected chi connectivity index (χ0v) is 17.9. The van der Waals surface area contributed by atoms with E-state index in [9.17, 15) is 9.59 Å². The van der Waals surface area contributed by atoms with Crippen LogP contribution in [0.4, 0.5) is 5.69 Å². The second-order valence-electron chi connectivity index (χ2n) is 7.29. The molecule has 29 heavy (non-hydrogen) atoms. The van der Waals surface area contributed by atoms with Crippen molar-refractivity contribution in [2.45, 2.75) is 33.1 Å². The maximum atomic E-state index is 12.9. The highest BCUT2D eigenvalue weighted by Crippen LogP contribution is 2.34. The van der Waals surface area contributed by atoms with E-state index in [2.05, 4.69) is 31.3 Å². The number of hydrogen-bond donors (Lipinski definition) is 1. The average molecular weight is 399 g/mol. The fourth-order valence-electron chi connectivity index (χ4n) is 3.07. The van der Waals surface area contributed by atoms with Crippen LogP contribution < -0.4 is 14.8 Å². The smallest absolute Gasteiger partial charge is 0.340 e. The van der Waals surface area contributed by atoms with Gasteiger partial charge in [0.2, 0.25) is 5.91 Å². The largest absolute Gasteiger partial charge is 0.493 e. The van der Waals surface area contributed by atoms with Crippen LogP contribution in [-0.2, 0) is 16.0 Å². The first-order valence-electron chi connectivity index (χ1n) is 9.54. The highest BCUT2D eigenvalue weighted by molar-refractivity contribution is 6.03. The van der Waals surface area contributed by atoms with E-state index >= 15 is 0 Å². The van der Waals surface area contributed by atoms with Gasteiger partial charge in [0.25, 0.3) is 0 Å². The summed E-state index contributed by atoms with van der Waals surface area (Å²) in [6.07, 6.45) is 0.995. The zero-order valence-electron chi connectivity index (χ0n) is 17.9. The van der Waals surface area contributed by atoms with Crippen molar-refractivity contribution >= 4 is 17.6 Å². The number of anilines is 1. The molecule has 0 spiro atoms. The topological polar surface area (TPSA) is 73.9 Å². The number of ether oxygens (including phenoxy) is 3. The van der Waals surface area contributed by atoms with Crippen molar-refractivity contribution in [2.75, 3.05) is 26.6 Å². The molecule has 6 nitrogen and oxygen atoms in total. The number of amides is 1. The van der Waals surface area contributed by atoms with Gasteiger partial charge in [0.15, 0.2) is 11.5 Å². The average Bonchev–Trinajstić information content (AvgIpc) is 2.72. The van der Waals surface area contributed by atoms with Gasteiger partial charge in [-0.2, -0.15) is 0 Å². The van der Waals surface area contributed by atoms with Crippen LogP contribution in [0.1, 0.15) is 48.2 Å². The highest BCUT2D eigenvalue weighted by atomic mass is 16.5. The van der Waals surface area contributed by atoms with Crippen LogP contribution in [0.15, 0.2) is 36.4 Å². The molecule has 0 aliphatic carbocycles. The van der Waals surface area contributed by atoms with Crippen LogP contribution in [0, 0.1) is 5.92 Å². The van der Waals surface area contributed by atoms with Gasteiger partial charge in [-0.25, -0.2) is 4.79 Å². The number of methoxy groups -OCH3 is 3. The molecule has 2 aromatic rings. The van der Waals surface area contributed by atoms with Crippen molar-refractivity contribution in [3.8, 4) is 11.5 Å². The first-order valence-corrected chi connectivity index (χ1v) is 9.54. The van der Waals surface area contributed by atoms with E-state index in [-0.39, 0.29) is 11.5 Å². The molecule has 0 heterocycles. The third kappa shape index (κ3) is 5.50. The van der Waals surface area contributed by atoms with Gasteiger partial charge in [-0.05, 0) is 30.4 Å². The molecule has 1 amide bonds. The molecule has 0 bridgehead atoms. The van der Waals surface area contributed by atoms with E-state index in [4.69, 9.17) is 14.2 Å². The molecule has 1 unspecified atom stereocenters. The third-order valence-corrected chi connectivity index (χ3v) is 4.70. The zero-order chi connectivity index (χ0) is 21.6. The molecule has 156 valence electrons. The van der Waals surface area contributed by atoms with Crippen molar-refractivity contribution in [3.05, 3.63) is 53.1 Å². The van der Waals surface area contributed by atoms with Crippen LogP contribution in [-0.4, -0.2) is 33.2 Å². The van der Waals surface area contributed by atoms with Crippen molar-refractivity contribution < 1.29 is 23.8 Å². The summed E-state index contributed by atoms with van der Waals surface area (Å²) >= 11 is 0. The Balaban J connectivity index is 2.27. The van der Waals surface area contributed by atoms with Gasteiger partial charge in [0.05, 0.1) is 38.5 Å². The van der Waals surface area contributed by atoms with Gasteiger partial charge in [-0.3, -0.25) is 4.79 Å². The van der Waals surface area contributed by atoms with Gasteiger partial charge >= 0.3 is 5.97 Å². The van der Waals surface area contributed by atoms with Gasteiger partial charge < -0.3 is 19.5 Å². The van der Waals surface area contributed by atoms with E-state index < -0.39 is 11.9 Å². The molecule has 0 aliphatic heterocycles. The molecule has 1 N–H and O–H groups in total. The van der Waals surface area contributed by atoms with Crippen molar-refractivity contribution in [3.63, 3.8) is 0 Å². The normalized spacial score (nSPS) is 11.7. The standard InChI is InChI=1S/C23H29NO5/c1-14(2)11-16-7-9-17(10-8-16)15(3)22(25)24-19-13-21(28-5)20(27-4)12-18(19)23(26)29-6/h7-10,12-15H,11H2,1-6H3,(H,24,25). The summed E-state index contributed by atoms with van der Waals surface area (Å²) in [6, 6.07) is 11.1. The third-order valence-electron chi connectivity index (χ3n) is 4.70. The fourth-order valence-corrected chi connectivity index (χ4v) is 3.07. The van der Waals surface area contributed by atoms with Crippen LogP contribution >= 0.6 is 0 Å². The molecule has 0 radical (unpaired) electrons. The van der Waals surface area contributed by atoms with Gasteiger partial charge in [-0.1, -0.05) is 38.1 Å². The Labute approximate surface area is 172 Å². The summed E-state index contributed by atoms with van der Waals surface area (Å²) in [5.41, 5.74) is 2.64. The predicted molar refractivity (Wildman–Crippen MR) is 113 cm³/mol. The number of esters is 1. The number of benzene rings is 2. The maximum absolute atomic E-state index is 12.9. The Morgan fingerprint density at radius 3 is 2.03 bits per heavy atom. The Morgan fingerprint density at radius 1 is 0.931 bits per heavy atom. The summed E-state index contributed by atoms with van der Waals surface area (Å²) < 4.78 is 15.4. The Morgan fingerprint density at radius 2 is 1.52 bits per heavy atom. The van der Waals surface area contributed by atoms with Crippen LogP contribution in [0.2, 0.25) is 0 Å². The fraction of sp³-hybridized carbons (Fsp3) is 0.391. The predicted octanol–water partition coefficient (Wildman–Crippen LogP) is 4.43. The van der Waals surface area contributed by atoms with E-state index in [0.29, 0.717) is 23.1 Å². The molecular formula is C23H29NO5. The maximum Gasteiger partial charge on any atom is 0.340 e. The summed E-state index contributed by atoms with van der Waals surface area (Å²) in [6.45, 7) is 6.17. The molecule has 0 fully saturated rings. The highest BCUT2D eigenvalue weighted by Gasteiger charge is 2.22. The first kappa shape index (κ1) is 22.3. The Kier molecular flexibility index (Phi) is 7.65. The number of carbonyl (C=O) groups is 2. The SMILES string of the molecule is COC(=O)c1cc(OC)c(OC)cc1NC(=O)C(C)c1ccc(CC(C)C)cc1. The molecule has 1 atom stereocenters. The van der Waals surface area contributed by atoms with Gasteiger partial charge in [0, 0.05) is 12.1 Å². The lowest BCUT2D eigenvalue weighted by atomic mass is 9.96. The van der Waals surface area contributed by atoms with E-state index in [1.165, 1.54) is 33.0 Å². The van der Waals surface area contributed by atoms with Crippen molar-refractivity contribution in [1.29, 1.82) is 0 Å². The number of hydrogen-bond acceptors (Lipinski definition) is 5. The second-order valence-corrected chi connectivity index (χ2v) is 7.29. The minimum Gasteiger partial charge on any atom is -0.493 e. The molecule has 0 aromatic heterocycles. The minimum absolute atomic E-state index is 0.193. The molecule has 2 aromatic carbocycles. The lowest BCUT2D eigenvalue weighted by molar-refractivity contribution is -0.117. The summed E-state index contributed by atoms with van der Waals surface area (Å²) in [4.78, 5) is 25.0. The Hall–Kier alpha value is -3.02. The van der Waals surface area contributed by atoms with Gasteiger partial charge in [-0.15, -0.1) is 0 Å². The minimum atomic E-state index is -0.577. The molecule has 0 saturated heterocycles. The van der Waals surface area contributed by atoms with E-state index in [0.717, 1.165) is 12.0 Å². The van der Waals surface area contributed by atoms with Crippen LogP contribution in [0.25, 0.3) is 0 Å². The van der Waals surface area contributed by atoms with Gasteiger partial charge in [0.1, 0.15) is 0 Å². The van der Waals surface area contributed by atoms with Crippen LogP contribution in [0.3, 0.4) is 0 Å². The van der Waals surface area contributed by atoms with E-state index in [1.807, 2.05) is 19.1 Å². The van der Waals surface area contributed by atoms with Crippen LogP contribution in [0.5, 0.6) is 11.5 Å². The number of nitrogens with one attached hydrogen (secondary N) is 1. The molecular weight excluding hydrogens is 370 g/mol. The molecule has 0 saturated carbocycles. The monoisotopic (exact) mass is 399 g/mol. The van der Waals surface area contributed by atoms with Crippen molar-refractivity contribution in [1.82, 2.24) is 0 Å². The lowest BCUT2D eigenvalue weighted by Gasteiger charge is -2.17. The lowest BCUT2D eigenvalue weighted by Crippen LogP contribution is -2.21. The molecule has 2 rings (SSSR count). The van der Waals surface area contributed by atoms with E-state index in [1.54, 1.807) is 6.07 Å². The summed E-state index contributed by atoms with van der Waals surface area (Å²) in [5.74, 6) is 0.136.